The molecule has 2 unspecified atom stereocenters. The van der Waals surface area contributed by atoms with Crippen molar-refractivity contribution in [2.45, 2.75) is 68.9 Å². The van der Waals surface area contributed by atoms with Gasteiger partial charge in [0, 0.05) is 4.83 Å². The lowest BCUT2D eigenvalue weighted by Crippen LogP contribution is -2.38. The van der Waals surface area contributed by atoms with Crippen LogP contribution in [0.4, 0.5) is 0 Å². The van der Waals surface area contributed by atoms with Crippen LogP contribution in [0.25, 0.3) is 0 Å². The Morgan fingerprint density at radius 2 is 1.93 bits per heavy atom. The predicted octanol–water partition coefficient (Wildman–Crippen LogP) is 3.90. The van der Waals surface area contributed by atoms with Gasteiger partial charge in [0.2, 0.25) is 0 Å². The molecule has 2 fully saturated rings. The summed E-state index contributed by atoms with van der Waals surface area (Å²) in [5.74, 6) is 0.845. The van der Waals surface area contributed by atoms with Gasteiger partial charge in [0.25, 0.3) is 0 Å². The van der Waals surface area contributed by atoms with Gasteiger partial charge in [0.05, 0.1) is 12.2 Å². The molecular formula is C12H21BrO. The van der Waals surface area contributed by atoms with Gasteiger partial charge in [0.1, 0.15) is 0 Å². The van der Waals surface area contributed by atoms with Gasteiger partial charge in [-0.3, -0.25) is 0 Å². The van der Waals surface area contributed by atoms with E-state index in [1.807, 2.05) is 0 Å². The van der Waals surface area contributed by atoms with Gasteiger partial charge in [0.15, 0.2) is 0 Å². The van der Waals surface area contributed by atoms with E-state index in [1.165, 1.54) is 44.9 Å². The fourth-order valence-corrected chi connectivity index (χ4v) is 3.51. The Kier molecular flexibility index (Phi) is 3.89. The highest BCUT2D eigenvalue weighted by atomic mass is 79.9. The third-order valence-electron chi connectivity index (χ3n) is 3.77. The Balaban J connectivity index is 1.77. The normalized spacial score (nSPS) is 43.3. The first-order valence-electron chi connectivity index (χ1n) is 6.09. The number of alkyl halides is 1. The van der Waals surface area contributed by atoms with E-state index in [0.29, 0.717) is 12.2 Å². The second kappa shape index (κ2) is 4.98. The highest BCUT2D eigenvalue weighted by Crippen LogP contribution is 2.36. The number of hydrogen-bond donors (Lipinski definition) is 0. The average Bonchev–Trinajstić information content (AvgIpc) is 2.16. The molecule has 0 heterocycles. The van der Waals surface area contributed by atoms with E-state index in [1.54, 1.807) is 0 Å². The molecule has 2 aliphatic rings. The molecular weight excluding hydrogens is 240 g/mol. The number of hydrogen-bond acceptors (Lipinski definition) is 1. The zero-order valence-electron chi connectivity index (χ0n) is 9.05. The van der Waals surface area contributed by atoms with Crippen molar-refractivity contribution in [3.63, 3.8) is 0 Å². The van der Waals surface area contributed by atoms with Crippen molar-refractivity contribution in [3.8, 4) is 0 Å². The molecule has 2 atom stereocenters. The Labute approximate surface area is 95.7 Å². The van der Waals surface area contributed by atoms with Crippen molar-refractivity contribution < 1.29 is 4.74 Å². The van der Waals surface area contributed by atoms with E-state index in [-0.39, 0.29) is 0 Å². The molecule has 0 aromatic carbocycles. The Morgan fingerprint density at radius 3 is 2.57 bits per heavy atom. The molecule has 0 N–H and O–H groups in total. The molecule has 2 rings (SSSR count). The van der Waals surface area contributed by atoms with Gasteiger partial charge >= 0.3 is 0 Å². The van der Waals surface area contributed by atoms with Crippen LogP contribution in [0, 0.1) is 5.92 Å². The van der Waals surface area contributed by atoms with Crippen LogP contribution in [-0.4, -0.2) is 17.0 Å². The minimum absolute atomic E-state index is 0.566. The standard InChI is InChI=1S/C12H21BrO/c1-2-9-5-3-4-6-12(9)14-11-7-10(13)8-11/h9-12H,2-8H2,1H3. The predicted molar refractivity (Wildman–Crippen MR) is 62.9 cm³/mol. The van der Waals surface area contributed by atoms with Crippen molar-refractivity contribution in [2.24, 2.45) is 5.92 Å². The summed E-state index contributed by atoms with van der Waals surface area (Å²) in [6, 6.07) is 0. The van der Waals surface area contributed by atoms with E-state index in [9.17, 15) is 0 Å². The molecule has 0 amide bonds. The molecule has 0 bridgehead atoms. The third-order valence-corrected chi connectivity index (χ3v) is 4.52. The van der Waals surface area contributed by atoms with E-state index in [0.717, 1.165) is 10.7 Å². The SMILES string of the molecule is CCC1CCCCC1OC1CC(Br)C1. The summed E-state index contributed by atoms with van der Waals surface area (Å²) in [4.78, 5) is 0.733. The summed E-state index contributed by atoms with van der Waals surface area (Å²) in [5.41, 5.74) is 0. The maximum absolute atomic E-state index is 6.17. The molecule has 82 valence electrons. The molecule has 0 spiro atoms. The van der Waals surface area contributed by atoms with Gasteiger partial charge in [-0.15, -0.1) is 0 Å². The molecule has 0 aromatic rings. The maximum Gasteiger partial charge on any atom is 0.0606 e. The number of rotatable bonds is 3. The zero-order valence-corrected chi connectivity index (χ0v) is 10.6. The third kappa shape index (κ3) is 2.52. The lowest BCUT2D eigenvalue weighted by atomic mass is 9.84. The quantitative estimate of drug-likeness (QED) is 0.700. The van der Waals surface area contributed by atoms with Crippen molar-refractivity contribution >= 4 is 15.9 Å². The van der Waals surface area contributed by atoms with Gasteiger partial charge in [-0.2, -0.15) is 0 Å². The Bertz CT molecular complexity index is 177. The average molecular weight is 261 g/mol. The van der Waals surface area contributed by atoms with Gasteiger partial charge < -0.3 is 4.74 Å². The minimum Gasteiger partial charge on any atom is -0.375 e. The number of ether oxygens (including phenoxy) is 1. The molecule has 2 aliphatic carbocycles. The zero-order chi connectivity index (χ0) is 9.97. The molecule has 2 heteroatoms. The van der Waals surface area contributed by atoms with E-state index in [2.05, 4.69) is 22.9 Å². The minimum atomic E-state index is 0.566. The van der Waals surface area contributed by atoms with E-state index >= 15 is 0 Å². The first-order chi connectivity index (χ1) is 6.79. The largest absolute Gasteiger partial charge is 0.375 e. The summed E-state index contributed by atoms with van der Waals surface area (Å²) < 4.78 is 6.17. The first kappa shape index (κ1) is 10.9. The summed E-state index contributed by atoms with van der Waals surface area (Å²) in [7, 11) is 0. The van der Waals surface area contributed by atoms with Crippen LogP contribution in [-0.2, 0) is 4.74 Å². The molecule has 0 saturated heterocycles. The van der Waals surface area contributed by atoms with Crippen LogP contribution < -0.4 is 0 Å². The van der Waals surface area contributed by atoms with Crippen LogP contribution in [0.3, 0.4) is 0 Å². The van der Waals surface area contributed by atoms with Crippen molar-refractivity contribution in [1.29, 1.82) is 0 Å². The molecule has 0 radical (unpaired) electrons. The van der Waals surface area contributed by atoms with Crippen molar-refractivity contribution in [2.75, 3.05) is 0 Å². The molecule has 1 nitrogen and oxygen atoms in total. The van der Waals surface area contributed by atoms with Crippen LogP contribution in [0.5, 0.6) is 0 Å². The second-order valence-corrected chi connectivity index (χ2v) is 6.11. The molecule has 0 aromatic heterocycles. The summed E-state index contributed by atoms with van der Waals surface area (Å²) in [5, 5.41) is 0. The Morgan fingerprint density at radius 1 is 1.21 bits per heavy atom. The van der Waals surface area contributed by atoms with Crippen LogP contribution in [0.2, 0.25) is 0 Å². The summed E-state index contributed by atoms with van der Waals surface area (Å²) >= 11 is 3.62. The van der Waals surface area contributed by atoms with Gasteiger partial charge in [-0.25, -0.2) is 0 Å². The van der Waals surface area contributed by atoms with E-state index in [4.69, 9.17) is 4.74 Å². The summed E-state index contributed by atoms with van der Waals surface area (Å²) in [6.45, 7) is 2.31. The monoisotopic (exact) mass is 260 g/mol. The first-order valence-corrected chi connectivity index (χ1v) is 7.00. The van der Waals surface area contributed by atoms with Crippen LogP contribution >= 0.6 is 15.9 Å². The molecule has 0 aliphatic heterocycles. The van der Waals surface area contributed by atoms with Crippen molar-refractivity contribution in [3.05, 3.63) is 0 Å². The van der Waals surface area contributed by atoms with Gasteiger partial charge in [-0.05, 0) is 31.6 Å². The van der Waals surface area contributed by atoms with Crippen LogP contribution in [0.1, 0.15) is 51.9 Å². The molecule has 2 saturated carbocycles. The lowest BCUT2D eigenvalue weighted by Gasteiger charge is -2.39. The fourth-order valence-electron chi connectivity index (χ4n) is 2.68. The Hall–Kier alpha value is 0.440. The summed E-state index contributed by atoms with van der Waals surface area (Å²) in [6.07, 6.45) is 10.4. The lowest BCUT2D eigenvalue weighted by molar-refractivity contribution is -0.0867. The van der Waals surface area contributed by atoms with Crippen LogP contribution in [0.15, 0.2) is 0 Å². The number of halogens is 1. The molecule has 14 heavy (non-hydrogen) atoms. The maximum atomic E-state index is 6.17. The topological polar surface area (TPSA) is 9.23 Å². The van der Waals surface area contributed by atoms with Gasteiger partial charge in [-0.1, -0.05) is 42.1 Å². The smallest absolute Gasteiger partial charge is 0.0606 e. The van der Waals surface area contributed by atoms with Crippen molar-refractivity contribution in [1.82, 2.24) is 0 Å². The van der Waals surface area contributed by atoms with E-state index < -0.39 is 0 Å². The second-order valence-electron chi connectivity index (χ2n) is 4.82. The highest BCUT2D eigenvalue weighted by molar-refractivity contribution is 9.09. The fraction of sp³-hybridized carbons (Fsp3) is 1.00. The highest BCUT2D eigenvalue weighted by Gasteiger charge is 2.33.